The number of carbonyl (C=O) groups is 1. The molecular formula is C10H17N2O3. The van der Waals surface area contributed by atoms with Crippen molar-refractivity contribution in [3.63, 3.8) is 0 Å². The number of nitrogens with zero attached hydrogens (tertiary/aromatic N) is 1. The summed E-state index contributed by atoms with van der Waals surface area (Å²) in [6, 6.07) is -0.534. The quantitative estimate of drug-likeness (QED) is 0.681. The lowest BCUT2D eigenvalue weighted by Gasteiger charge is -2.33. The van der Waals surface area contributed by atoms with Gasteiger partial charge in [0.15, 0.2) is 0 Å². The molecule has 1 unspecified atom stereocenters. The molecule has 0 spiro atoms. The first-order valence-electron chi connectivity index (χ1n) is 5.02. The van der Waals surface area contributed by atoms with Gasteiger partial charge in [-0.25, -0.2) is 4.79 Å². The topological polar surface area (TPSA) is 58.6 Å². The molecule has 1 aliphatic heterocycles. The Kier molecular flexibility index (Phi) is 3.68. The number of piperazine rings is 1. The molecule has 1 radical (unpaired) electrons. The van der Waals surface area contributed by atoms with Crippen LogP contribution in [0.25, 0.3) is 0 Å². The summed E-state index contributed by atoms with van der Waals surface area (Å²) in [4.78, 5) is 23.7. The zero-order chi connectivity index (χ0) is 11.5. The monoisotopic (exact) mass is 213 g/mol. The van der Waals surface area contributed by atoms with Crippen molar-refractivity contribution in [3.05, 3.63) is 0 Å². The second kappa shape index (κ2) is 4.61. The third-order valence-electron chi connectivity index (χ3n) is 2.01. The number of nitrogens with one attached hydrogen (secondary N) is 1. The van der Waals surface area contributed by atoms with Gasteiger partial charge in [-0.3, -0.25) is 9.69 Å². The first-order valence-corrected chi connectivity index (χ1v) is 5.02. The van der Waals surface area contributed by atoms with Crippen LogP contribution in [0.2, 0.25) is 0 Å². The summed E-state index contributed by atoms with van der Waals surface area (Å²) in [6.07, 6.45) is 1.39. The van der Waals surface area contributed by atoms with Gasteiger partial charge in [0.05, 0.1) is 0 Å². The number of hydrogen-bond acceptors (Lipinski definition) is 4. The fraction of sp³-hybridized carbons (Fsp3) is 0.800. The van der Waals surface area contributed by atoms with E-state index in [9.17, 15) is 9.59 Å². The van der Waals surface area contributed by atoms with Crippen LogP contribution in [0, 0.1) is 0 Å². The molecule has 0 aromatic heterocycles. The fourth-order valence-corrected chi connectivity index (χ4v) is 1.35. The van der Waals surface area contributed by atoms with Gasteiger partial charge in [-0.1, -0.05) is 0 Å². The van der Waals surface area contributed by atoms with Crippen LogP contribution in [0.5, 0.6) is 0 Å². The second-order valence-electron chi connectivity index (χ2n) is 4.51. The molecule has 1 aliphatic rings. The van der Waals surface area contributed by atoms with E-state index in [1.54, 1.807) is 20.8 Å². The first-order chi connectivity index (χ1) is 6.94. The molecule has 1 atom stereocenters. The first kappa shape index (κ1) is 12.0. The molecule has 5 nitrogen and oxygen atoms in total. The van der Waals surface area contributed by atoms with Gasteiger partial charge < -0.3 is 10.1 Å². The summed E-state index contributed by atoms with van der Waals surface area (Å²) in [7, 11) is 0. The molecule has 0 aromatic carbocycles. The van der Waals surface area contributed by atoms with Crippen molar-refractivity contribution in [1.82, 2.24) is 10.2 Å². The van der Waals surface area contributed by atoms with Crippen molar-refractivity contribution in [1.29, 1.82) is 0 Å². The Hall–Kier alpha value is -1.10. The van der Waals surface area contributed by atoms with E-state index in [-0.39, 0.29) is 0 Å². The normalized spacial score (nSPS) is 22.3. The molecule has 1 rings (SSSR count). The predicted molar refractivity (Wildman–Crippen MR) is 55.3 cm³/mol. The maximum Gasteiger partial charge on any atom is 0.411 e. The highest BCUT2D eigenvalue weighted by molar-refractivity contribution is 5.74. The summed E-state index contributed by atoms with van der Waals surface area (Å²) >= 11 is 0. The van der Waals surface area contributed by atoms with Gasteiger partial charge in [0.2, 0.25) is 6.29 Å². The van der Waals surface area contributed by atoms with Crippen molar-refractivity contribution in [2.75, 3.05) is 19.6 Å². The Balaban J connectivity index is 2.60. The number of amides is 1. The molecule has 0 aliphatic carbocycles. The number of ether oxygens (including phenoxy) is 1. The molecule has 0 aromatic rings. The maximum atomic E-state index is 11.7. The van der Waals surface area contributed by atoms with Crippen molar-refractivity contribution >= 4 is 12.4 Å². The van der Waals surface area contributed by atoms with Crippen LogP contribution in [0.15, 0.2) is 0 Å². The molecular weight excluding hydrogens is 196 g/mol. The summed E-state index contributed by atoms with van der Waals surface area (Å²) in [6.45, 7) is 7.00. The van der Waals surface area contributed by atoms with Crippen LogP contribution < -0.4 is 5.32 Å². The van der Waals surface area contributed by atoms with Crippen molar-refractivity contribution in [2.24, 2.45) is 0 Å². The van der Waals surface area contributed by atoms with E-state index in [4.69, 9.17) is 4.74 Å². The van der Waals surface area contributed by atoms with E-state index in [1.165, 1.54) is 4.90 Å². The highest BCUT2D eigenvalue weighted by atomic mass is 16.6. The van der Waals surface area contributed by atoms with Crippen molar-refractivity contribution in [2.45, 2.75) is 32.4 Å². The number of rotatable bonds is 1. The Morgan fingerprint density at radius 2 is 2.20 bits per heavy atom. The average Bonchev–Trinajstić information content (AvgIpc) is 2.15. The van der Waals surface area contributed by atoms with Gasteiger partial charge in [-0.15, -0.1) is 0 Å². The van der Waals surface area contributed by atoms with Crippen LogP contribution in [0.4, 0.5) is 4.79 Å². The van der Waals surface area contributed by atoms with E-state index in [2.05, 4.69) is 5.32 Å². The summed E-state index contributed by atoms with van der Waals surface area (Å²) in [5.41, 5.74) is -0.532. The Labute approximate surface area is 89.8 Å². The average molecular weight is 213 g/mol. The molecule has 15 heavy (non-hydrogen) atoms. The molecule has 1 heterocycles. The van der Waals surface area contributed by atoms with Crippen LogP contribution in [-0.2, 0) is 9.53 Å². The van der Waals surface area contributed by atoms with Gasteiger partial charge in [0.25, 0.3) is 0 Å². The second-order valence-corrected chi connectivity index (χ2v) is 4.51. The molecule has 1 fully saturated rings. The van der Waals surface area contributed by atoms with Crippen molar-refractivity contribution < 1.29 is 14.3 Å². The van der Waals surface area contributed by atoms with E-state index < -0.39 is 17.7 Å². The summed E-state index contributed by atoms with van der Waals surface area (Å²) < 4.78 is 5.19. The number of carbonyl (C=O) groups excluding carboxylic acids is 2. The van der Waals surface area contributed by atoms with Gasteiger partial charge in [-0.2, -0.15) is 0 Å². The predicted octanol–water partition coefficient (Wildman–Crippen LogP) is 0.305. The lowest BCUT2D eigenvalue weighted by Crippen LogP contribution is -2.55. The van der Waals surface area contributed by atoms with Gasteiger partial charge in [0, 0.05) is 19.6 Å². The SMILES string of the molecule is CC(C)(C)OC(=O)N1CCNCC1[C]=O. The Morgan fingerprint density at radius 3 is 2.73 bits per heavy atom. The van der Waals surface area contributed by atoms with Crippen LogP contribution in [0.3, 0.4) is 0 Å². The fourth-order valence-electron chi connectivity index (χ4n) is 1.35. The number of hydrogen-bond donors (Lipinski definition) is 1. The molecule has 1 saturated heterocycles. The van der Waals surface area contributed by atoms with Crippen LogP contribution >= 0.6 is 0 Å². The molecule has 0 saturated carbocycles. The minimum Gasteiger partial charge on any atom is -0.444 e. The van der Waals surface area contributed by atoms with Gasteiger partial charge in [-0.05, 0) is 20.8 Å². The molecule has 1 N–H and O–H groups in total. The molecule has 0 bridgehead atoms. The minimum absolute atomic E-state index is 0.447. The zero-order valence-corrected chi connectivity index (χ0v) is 9.37. The highest BCUT2D eigenvalue weighted by Crippen LogP contribution is 2.12. The van der Waals surface area contributed by atoms with E-state index in [0.717, 1.165) is 0 Å². The zero-order valence-electron chi connectivity index (χ0n) is 9.37. The summed E-state index contributed by atoms with van der Waals surface area (Å²) in [5, 5.41) is 3.02. The maximum absolute atomic E-state index is 11.7. The summed E-state index contributed by atoms with van der Waals surface area (Å²) in [5.74, 6) is 0. The standard InChI is InChI=1S/C10H17N2O3/c1-10(2,3)15-9(14)12-5-4-11-6-8(12)7-13/h8,11H,4-6H2,1-3H3. The van der Waals surface area contributed by atoms with E-state index in [1.807, 2.05) is 6.29 Å². The molecule has 1 amide bonds. The van der Waals surface area contributed by atoms with Gasteiger partial charge in [0.1, 0.15) is 11.6 Å². The van der Waals surface area contributed by atoms with Crippen LogP contribution in [-0.4, -0.2) is 48.6 Å². The largest absolute Gasteiger partial charge is 0.444 e. The highest BCUT2D eigenvalue weighted by Gasteiger charge is 2.30. The Bertz CT molecular complexity index is 248. The van der Waals surface area contributed by atoms with Gasteiger partial charge >= 0.3 is 6.09 Å². The Morgan fingerprint density at radius 1 is 1.53 bits per heavy atom. The lowest BCUT2D eigenvalue weighted by atomic mass is 10.2. The third kappa shape index (κ3) is 3.51. The van der Waals surface area contributed by atoms with E-state index in [0.29, 0.717) is 19.6 Å². The minimum atomic E-state index is -0.534. The van der Waals surface area contributed by atoms with Crippen molar-refractivity contribution in [3.8, 4) is 0 Å². The smallest absolute Gasteiger partial charge is 0.411 e. The lowest BCUT2D eigenvalue weighted by molar-refractivity contribution is 0.0181. The third-order valence-corrected chi connectivity index (χ3v) is 2.01. The molecule has 85 valence electrons. The van der Waals surface area contributed by atoms with Crippen LogP contribution in [0.1, 0.15) is 20.8 Å². The van der Waals surface area contributed by atoms with E-state index >= 15 is 0 Å². The molecule has 5 heteroatoms.